The molecule has 3 aromatic carbocycles. The monoisotopic (exact) mass is 546 g/mol. The number of hydrogen-bond acceptors (Lipinski definition) is 7. The lowest BCUT2D eigenvalue weighted by Crippen LogP contribution is -2.36. The van der Waals surface area contributed by atoms with Crippen LogP contribution in [0.5, 0.6) is 11.5 Å². The van der Waals surface area contributed by atoms with Crippen molar-refractivity contribution in [1.82, 2.24) is 4.90 Å². The van der Waals surface area contributed by atoms with Crippen molar-refractivity contribution in [2.45, 2.75) is 18.9 Å². The second-order valence-corrected chi connectivity index (χ2v) is 9.07. The number of fused-ring (bicyclic) bond motifs is 1. The maximum absolute atomic E-state index is 13.1. The van der Waals surface area contributed by atoms with E-state index in [1.165, 1.54) is 30.3 Å². The molecule has 3 aromatic rings. The van der Waals surface area contributed by atoms with Crippen molar-refractivity contribution >= 4 is 35.5 Å². The number of nitrogens with one attached hydrogen (secondary N) is 2. The number of guanidine groups is 1. The standard InChI is InChI=1S/C28H26N4O8/c29-28(30)31-20-6-4-17(5-7-20)27(38)40-21-8-9-22-19(15-39-23(22)12-21)11-24(33)32(14-25(34)35)13-16-2-1-3-18(10-16)26(36)37/h1-10,12,19H,11,13-15H2,(H,34,35)(H,36,37)(H4,29,30,31). The molecule has 40 heavy (non-hydrogen) atoms. The van der Waals surface area contributed by atoms with E-state index in [0.717, 1.165) is 10.5 Å². The maximum atomic E-state index is 13.1. The van der Waals surface area contributed by atoms with Gasteiger partial charge in [-0.2, -0.15) is 0 Å². The number of anilines is 1. The van der Waals surface area contributed by atoms with Crippen LogP contribution in [0.3, 0.4) is 0 Å². The molecule has 0 bridgehead atoms. The summed E-state index contributed by atoms with van der Waals surface area (Å²) in [6.07, 6.45) is -0.0291. The molecule has 0 fully saturated rings. The van der Waals surface area contributed by atoms with Crippen molar-refractivity contribution in [3.8, 4) is 11.5 Å². The molecule has 206 valence electrons. The fourth-order valence-corrected chi connectivity index (χ4v) is 4.26. The van der Waals surface area contributed by atoms with Gasteiger partial charge in [-0.15, -0.1) is 0 Å². The van der Waals surface area contributed by atoms with Crippen LogP contribution in [0.2, 0.25) is 0 Å². The zero-order chi connectivity index (χ0) is 28.8. The van der Waals surface area contributed by atoms with Gasteiger partial charge in [0.2, 0.25) is 5.91 Å². The Labute approximate surface area is 228 Å². The summed E-state index contributed by atoms with van der Waals surface area (Å²) in [5.74, 6) is -3.23. The molecule has 1 unspecified atom stereocenters. The number of rotatable bonds is 10. The minimum atomic E-state index is -1.19. The van der Waals surface area contributed by atoms with Crippen LogP contribution in [0.25, 0.3) is 0 Å². The van der Waals surface area contributed by atoms with Crippen molar-refractivity contribution in [1.29, 1.82) is 5.41 Å². The Balaban J connectivity index is 1.41. The highest BCUT2D eigenvalue weighted by Gasteiger charge is 2.30. The van der Waals surface area contributed by atoms with Gasteiger partial charge in [0, 0.05) is 36.2 Å². The van der Waals surface area contributed by atoms with Crippen molar-refractivity contribution in [3.05, 3.63) is 89.0 Å². The number of ether oxygens (including phenoxy) is 2. The Morgan fingerprint density at radius 2 is 1.77 bits per heavy atom. The highest BCUT2D eigenvalue weighted by Crippen LogP contribution is 2.38. The van der Waals surface area contributed by atoms with Crippen molar-refractivity contribution in [2.24, 2.45) is 5.73 Å². The molecule has 1 aliphatic rings. The van der Waals surface area contributed by atoms with E-state index in [1.807, 2.05) is 0 Å². The smallest absolute Gasteiger partial charge is 0.343 e. The number of amides is 1. The number of aromatic carboxylic acids is 1. The molecule has 12 nitrogen and oxygen atoms in total. The van der Waals surface area contributed by atoms with Gasteiger partial charge in [0.15, 0.2) is 5.96 Å². The van der Waals surface area contributed by atoms with Crippen LogP contribution < -0.4 is 20.5 Å². The largest absolute Gasteiger partial charge is 0.492 e. The van der Waals surface area contributed by atoms with Gasteiger partial charge in [-0.1, -0.05) is 18.2 Å². The molecule has 0 aliphatic carbocycles. The molecule has 0 saturated heterocycles. The first-order chi connectivity index (χ1) is 19.1. The molecule has 4 rings (SSSR count). The van der Waals surface area contributed by atoms with Crippen LogP contribution in [0.4, 0.5) is 5.69 Å². The second kappa shape index (κ2) is 12.0. The van der Waals surface area contributed by atoms with E-state index in [-0.39, 0.29) is 48.3 Å². The Kier molecular flexibility index (Phi) is 8.28. The Bertz CT molecular complexity index is 1470. The fourth-order valence-electron chi connectivity index (χ4n) is 4.26. The van der Waals surface area contributed by atoms with E-state index < -0.39 is 30.4 Å². The molecule has 1 aliphatic heterocycles. The van der Waals surface area contributed by atoms with Gasteiger partial charge in [-0.25, -0.2) is 9.59 Å². The number of benzene rings is 3. The van der Waals surface area contributed by atoms with Gasteiger partial charge >= 0.3 is 17.9 Å². The number of carboxylic acids is 2. The molecule has 0 radical (unpaired) electrons. The molecule has 12 heteroatoms. The SMILES string of the molecule is N=C(N)Nc1ccc(C(=O)Oc2ccc3c(c2)OCC3CC(=O)N(CC(=O)O)Cc2cccc(C(=O)O)c2)cc1. The van der Waals surface area contributed by atoms with Crippen molar-refractivity contribution < 1.29 is 38.9 Å². The summed E-state index contributed by atoms with van der Waals surface area (Å²) in [5.41, 5.74) is 7.37. The third kappa shape index (κ3) is 6.92. The van der Waals surface area contributed by atoms with Crippen molar-refractivity contribution in [2.75, 3.05) is 18.5 Å². The van der Waals surface area contributed by atoms with E-state index in [2.05, 4.69) is 5.32 Å². The van der Waals surface area contributed by atoms with E-state index in [9.17, 15) is 29.4 Å². The fraction of sp³-hybridized carbons (Fsp3) is 0.179. The lowest BCUT2D eigenvalue weighted by molar-refractivity contribution is -0.145. The van der Waals surface area contributed by atoms with Crippen LogP contribution in [0.1, 0.15) is 44.2 Å². The average molecular weight is 547 g/mol. The molecule has 0 saturated carbocycles. The summed E-state index contributed by atoms with van der Waals surface area (Å²) in [6.45, 7) is -0.427. The summed E-state index contributed by atoms with van der Waals surface area (Å²) in [7, 11) is 0. The van der Waals surface area contributed by atoms with Crippen LogP contribution in [0, 0.1) is 5.41 Å². The minimum absolute atomic E-state index is 0.0291. The van der Waals surface area contributed by atoms with Gasteiger partial charge < -0.3 is 35.6 Å². The number of nitrogens with zero attached hydrogens (tertiary/aromatic N) is 1. The quantitative estimate of drug-likeness (QED) is 0.109. The summed E-state index contributed by atoms with van der Waals surface area (Å²) in [4.78, 5) is 49.5. The normalized spacial score (nSPS) is 13.4. The lowest BCUT2D eigenvalue weighted by atomic mass is 9.97. The topological polar surface area (TPSA) is 192 Å². The first-order valence-electron chi connectivity index (χ1n) is 12.1. The number of carbonyl (C=O) groups excluding carboxylic acids is 2. The number of nitrogens with two attached hydrogens (primary N) is 1. The molecular weight excluding hydrogens is 520 g/mol. The maximum Gasteiger partial charge on any atom is 0.343 e. The highest BCUT2D eigenvalue weighted by atomic mass is 16.5. The molecule has 0 spiro atoms. The highest BCUT2D eigenvalue weighted by molar-refractivity contribution is 5.93. The number of carboxylic acid groups (broad SMARTS) is 2. The first-order valence-corrected chi connectivity index (χ1v) is 12.1. The van der Waals surface area contributed by atoms with Gasteiger partial charge in [0.25, 0.3) is 0 Å². The number of esters is 1. The van der Waals surface area contributed by atoms with E-state index in [0.29, 0.717) is 17.0 Å². The van der Waals surface area contributed by atoms with E-state index >= 15 is 0 Å². The van der Waals surface area contributed by atoms with Crippen LogP contribution in [-0.2, 0) is 16.1 Å². The summed E-state index contributed by atoms with van der Waals surface area (Å²) in [6, 6.07) is 17.0. The zero-order valence-corrected chi connectivity index (χ0v) is 21.1. The van der Waals surface area contributed by atoms with Crippen LogP contribution in [0.15, 0.2) is 66.7 Å². The molecule has 1 atom stereocenters. The number of aliphatic carboxylic acids is 1. The summed E-state index contributed by atoms with van der Waals surface area (Å²) < 4.78 is 11.2. The predicted molar refractivity (Wildman–Crippen MR) is 143 cm³/mol. The molecule has 0 aromatic heterocycles. The van der Waals surface area contributed by atoms with Crippen LogP contribution in [-0.4, -0.2) is 58.0 Å². The third-order valence-electron chi connectivity index (χ3n) is 6.12. The summed E-state index contributed by atoms with van der Waals surface area (Å²) >= 11 is 0. The zero-order valence-electron chi connectivity index (χ0n) is 21.1. The molecular formula is C28H26N4O8. The van der Waals surface area contributed by atoms with E-state index in [4.69, 9.17) is 20.6 Å². The van der Waals surface area contributed by atoms with Gasteiger partial charge in [-0.05, 0) is 48.0 Å². The number of hydrogen-bond donors (Lipinski definition) is 5. The molecule has 6 N–H and O–H groups in total. The molecule has 1 amide bonds. The minimum Gasteiger partial charge on any atom is -0.492 e. The first kappa shape index (κ1) is 27.6. The lowest BCUT2D eigenvalue weighted by Gasteiger charge is -2.22. The summed E-state index contributed by atoms with van der Waals surface area (Å²) in [5, 5.41) is 28.4. The van der Waals surface area contributed by atoms with Gasteiger partial charge in [0.1, 0.15) is 18.0 Å². The van der Waals surface area contributed by atoms with Gasteiger partial charge in [-0.3, -0.25) is 15.0 Å². The number of carbonyl (C=O) groups is 4. The Morgan fingerprint density at radius 3 is 2.45 bits per heavy atom. The van der Waals surface area contributed by atoms with Crippen LogP contribution >= 0.6 is 0 Å². The third-order valence-corrected chi connectivity index (χ3v) is 6.12. The van der Waals surface area contributed by atoms with Gasteiger partial charge in [0.05, 0.1) is 17.7 Å². The van der Waals surface area contributed by atoms with E-state index in [1.54, 1.807) is 36.4 Å². The second-order valence-electron chi connectivity index (χ2n) is 9.07. The van der Waals surface area contributed by atoms with Crippen molar-refractivity contribution in [3.63, 3.8) is 0 Å². The Hall–Kier alpha value is -5.39. The average Bonchev–Trinajstić information content (AvgIpc) is 3.30. The predicted octanol–water partition coefficient (Wildman–Crippen LogP) is 2.89. The Morgan fingerprint density at radius 1 is 1.02 bits per heavy atom. The molecule has 1 heterocycles.